The highest BCUT2D eigenvalue weighted by Gasteiger charge is 2.21. The Labute approximate surface area is 117 Å². The zero-order chi connectivity index (χ0) is 14.8. The van der Waals surface area contributed by atoms with Gasteiger partial charge in [0.2, 0.25) is 0 Å². The lowest BCUT2D eigenvalue weighted by Crippen LogP contribution is -2.40. The molecule has 2 rings (SSSR count). The number of hydrogen-bond donors (Lipinski definition) is 3. The maximum absolute atomic E-state index is 12.0. The summed E-state index contributed by atoms with van der Waals surface area (Å²) in [4.78, 5) is 23.2. The summed E-state index contributed by atoms with van der Waals surface area (Å²) in [6.07, 6.45) is 0.543. The van der Waals surface area contributed by atoms with Crippen LogP contribution in [-0.2, 0) is 4.79 Å². The number of carbonyl (C=O) groups is 2. The van der Waals surface area contributed by atoms with E-state index in [1.165, 1.54) is 0 Å². The molecule has 6 nitrogen and oxygen atoms in total. The predicted octanol–water partition coefficient (Wildman–Crippen LogP) is 0.908. The third-order valence-corrected chi connectivity index (χ3v) is 3.27. The summed E-state index contributed by atoms with van der Waals surface area (Å²) in [6.45, 7) is 3.66. The van der Waals surface area contributed by atoms with Crippen LogP contribution >= 0.6 is 0 Å². The standard InChI is InChI=1S/C14H18N2O4/c1-3-14(2,19)8-15-13(18)9-4-5-11-10(6-9)16-12(17)7-20-11/h4-6,19H,3,7-8H2,1-2H3,(H,15,18)(H,16,17). The van der Waals surface area contributed by atoms with E-state index in [2.05, 4.69) is 10.6 Å². The first-order valence-electron chi connectivity index (χ1n) is 6.48. The van der Waals surface area contributed by atoms with E-state index >= 15 is 0 Å². The molecule has 1 aliphatic rings. The lowest BCUT2D eigenvalue weighted by atomic mass is 10.0. The minimum atomic E-state index is -0.929. The van der Waals surface area contributed by atoms with Gasteiger partial charge in [-0.15, -0.1) is 0 Å². The molecule has 6 heteroatoms. The third-order valence-electron chi connectivity index (χ3n) is 3.27. The van der Waals surface area contributed by atoms with Gasteiger partial charge in [-0.25, -0.2) is 0 Å². The van der Waals surface area contributed by atoms with Crippen molar-refractivity contribution < 1.29 is 19.4 Å². The van der Waals surface area contributed by atoms with Crippen molar-refractivity contribution in [2.75, 3.05) is 18.5 Å². The Morgan fingerprint density at radius 3 is 3.00 bits per heavy atom. The monoisotopic (exact) mass is 278 g/mol. The molecule has 0 aliphatic carbocycles. The van der Waals surface area contributed by atoms with Crippen LogP contribution in [0.3, 0.4) is 0 Å². The molecule has 1 aromatic rings. The fraction of sp³-hybridized carbons (Fsp3) is 0.429. The van der Waals surface area contributed by atoms with E-state index in [0.717, 1.165) is 0 Å². The van der Waals surface area contributed by atoms with Gasteiger partial charge in [-0.2, -0.15) is 0 Å². The lowest BCUT2D eigenvalue weighted by molar-refractivity contribution is -0.118. The Balaban J connectivity index is 2.08. The van der Waals surface area contributed by atoms with Crippen LogP contribution in [0.1, 0.15) is 30.6 Å². The molecule has 0 radical (unpaired) electrons. The molecule has 1 atom stereocenters. The maximum atomic E-state index is 12.0. The van der Waals surface area contributed by atoms with Gasteiger partial charge in [-0.3, -0.25) is 9.59 Å². The molecule has 0 saturated heterocycles. The SMILES string of the molecule is CCC(C)(O)CNC(=O)c1ccc2c(c1)NC(=O)CO2. The number of aliphatic hydroxyl groups is 1. The van der Waals surface area contributed by atoms with Crippen molar-refractivity contribution in [2.45, 2.75) is 25.9 Å². The average molecular weight is 278 g/mol. The van der Waals surface area contributed by atoms with Crippen LogP contribution < -0.4 is 15.4 Å². The first-order chi connectivity index (χ1) is 9.41. The zero-order valence-electron chi connectivity index (χ0n) is 11.5. The van der Waals surface area contributed by atoms with E-state index < -0.39 is 5.60 Å². The maximum Gasteiger partial charge on any atom is 0.262 e. The van der Waals surface area contributed by atoms with E-state index in [1.54, 1.807) is 25.1 Å². The highest BCUT2D eigenvalue weighted by molar-refractivity contribution is 5.99. The van der Waals surface area contributed by atoms with Gasteiger partial charge in [0, 0.05) is 12.1 Å². The van der Waals surface area contributed by atoms with E-state index in [1.807, 2.05) is 6.92 Å². The number of hydrogen-bond acceptors (Lipinski definition) is 4. The smallest absolute Gasteiger partial charge is 0.262 e. The lowest BCUT2D eigenvalue weighted by Gasteiger charge is -2.22. The quantitative estimate of drug-likeness (QED) is 0.764. The van der Waals surface area contributed by atoms with E-state index in [4.69, 9.17) is 4.74 Å². The molecular formula is C14H18N2O4. The number of nitrogens with one attached hydrogen (secondary N) is 2. The highest BCUT2D eigenvalue weighted by Crippen LogP contribution is 2.28. The Hall–Kier alpha value is -2.08. The molecule has 0 spiro atoms. The van der Waals surface area contributed by atoms with Crippen LogP contribution in [0.4, 0.5) is 5.69 Å². The van der Waals surface area contributed by atoms with Crippen LogP contribution in [0.5, 0.6) is 5.75 Å². The number of benzene rings is 1. The van der Waals surface area contributed by atoms with Crippen LogP contribution in [0.25, 0.3) is 0 Å². The van der Waals surface area contributed by atoms with Gasteiger partial charge in [-0.1, -0.05) is 6.92 Å². The second-order valence-corrected chi connectivity index (χ2v) is 5.08. The second kappa shape index (κ2) is 5.50. The normalized spacial score (nSPS) is 16.4. The Morgan fingerprint density at radius 1 is 1.55 bits per heavy atom. The molecular weight excluding hydrogens is 260 g/mol. The predicted molar refractivity (Wildman–Crippen MR) is 73.8 cm³/mol. The number of amides is 2. The number of fused-ring (bicyclic) bond motifs is 1. The van der Waals surface area contributed by atoms with Crippen LogP contribution in [0, 0.1) is 0 Å². The van der Waals surface area contributed by atoms with Crippen molar-refractivity contribution in [3.05, 3.63) is 23.8 Å². The number of anilines is 1. The Kier molecular flexibility index (Phi) is 3.94. The molecule has 2 amide bonds. The minimum Gasteiger partial charge on any atom is -0.482 e. The molecule has 20 heavy (non-hydrogen) atoms. The molecule has 0 aromatic heterocycles. The van der Waals surface area contributed by atoms with Gasteiger partial charge in [-0.05, 0) is 31.5 Å². The first kappa shape index (κ1) is 14.3. The van der Waals surface area contributed by atoms with E-state index in [-0.39, 0.29) is 25.0 Å². The highest BCUT2D eigenvalue weighted by atomic mass is 16.5. The summed E-state index contributed by atoms with van der Waals surface area (Å²) in [5, 5.41) is 15.2. The number of ether oxygens (including phenoxy) is 1. The molecule has 1 heterocycles. The first-order valence-corrected chi connectivity index (χ1v) is 6.48. The summed E-state index contributed by atoms with van der Waals surface area (Å²) >= 11 is 0. The van der Waals surface area contributed by atoms with Gasteiger partial charge in [0.15, 0.2) is 6.61 Å². The zero-order valence-corrected chi connectivity index (χ0v) is 11.5. The Morgan fingerprint density at radius 2 is 2.30 bits per heavy atom. The molecule has 108 valence electrons. The van der Waals surface area contributed by atoms with Gasteiger partial charge >= 0.3 is 0 Å². The molecule has 3 N–H and O–H groups in total. The summed E-state index contributed by atoms with van der Waals surface area (Å²) < 4.78 is 5.22. The summed E-state index contributed by atoms with van der Waals surface area (Å²) in [7, 11) is 0. The van der Waals surface area contributed by atoms with Crippen LogP contribution in [0.15, 0.2) is 18.2 Å². The molecule has 1 aromatic carbocycles. The van der Waals surface area contributed by atoms with E-state index in [9.17, 15) is 14.7 Å². The van der Waals surface area contributed by atoms with Crippen LogP contribution in [0.2, 0.25) is 0 Å². The van der Waals surface area contributed by atoms with Gasteiger partial charge in [0.05, 0.1) is 11.3 Å². The molecule has 1 aliphatic heterocycles. The summed E-state index contributed by atoms with van der Waals surface area (Å²) in [5.74, 6) is -0.00738. The number of rotatable bonds is 4. The van der Waals surface area contributed by atoms with Crippen molar-refractivity contribution in [1.82, 2.24) is 5.32 Å². The largest absolute Gasteiger partial charge is 0.482 e. The van der Waals surface area contributed by atoms with Crippen LogP contribution in [-0.4, -0.2) is 35.7 Å². The fourth-order valence-corrected chi connectivity index (χ4v) is 1.72. The fourth-order valence-electron chi connectivity index (χ4n) is 1.72. The molecule has 1 unspecified atom stereocenters. The topological polar surface area (TPSA) is 87.7 Å². The van der Waals surface area contributed by atoms with Gasteiger partial charge < -0.3 is 20.5 Å². The molecule has 0 fully saturated rings. The number of carbonyl (C=O) groups excluding carboxylic acids is 2. The van der Waals surface area contributed by atoms with Crippen molar-refractivity contribution in [3.8, 4) is 5.75 Å². The van der Waals surface area contributed by atoms with Crippen molar-refractivity contribution >= 4 is 17.5 Å². The third kappa shape index (κ3) is 3.27. The summed E-state index contributed by atoms with van der Waals surface area (Å²) in [5.41, 5.74) is -0.0427. The molecule has 0 bridgehead atoms. The van der Waals surface area contributed by atoms with Gasteiger partial charge in [0.25, 0.3) is 11.8 Å². The molecule has 0 saturated carbocycles. The van der Waals surface area contributed by atoms with Crippen molar-refractivity contribution in [2.24, 2.45) is 0 Å². The average Bonchev–Trinajstić information content (AvgIpc) is 2.44. The van der Waals surface area contributed by atoms with E-state index in [0.29, 0.717) is 23.4 Å². The van der Waals surface area contributed by atoms with Gasteiger partial charge in [0.1, 0.15) is 5.75 Å². The minimum absolute atomic E-state index is 0.0160. The Bertz CT molecular complexity index is 540. The summed E-state index contributed by atoms with van der Waals surface area (Å²) in [6, 6.07) is 4.82. The van der Waals surface area contributed by atoms with Crippen molar-refractivity contribution in [1.29, 1.82) is 0 Å². The second-order valence-electron chi connectivity index (χ2n) is 5.08. The van der Waals surface area contributed by atoms with Crippen molar-refractivity contribution in [3.63, 3.8) is 0 Å².